The lowest BCUT2D eigenvalue weighted by atomic mass is 10.1. The first-order chi connectivity index (χ1) is 22.6. The minimum atomic E-state index is -0.519. The minimum Gasteiger partial charge on any atom is -0.497 e. The molecule has 0 saturated carbocycles. The molecule has 2 aromatic carbocycles. The fourth-order valence-electron chi connectivity index (χ4n) is 4.72. The van der Waals surface area contributed by atoms with Crippen molar-refractivity contribution in [2.75, 3.05) is 69.5 Å². The molecule has 0 unspecified atom stereocenters. The molecule has 0 spiro atoms. The molecule has 0 fully saturated rings. The normalized spacial score (nSPS) is 10.6. The fourth-order valence-corrected chi connectivity index (χ4v) is 4.72. The van der Waals surface area contributed by atoms with E-state index in [4.69, 9.17) is 33.4 Å². The van der Waals surface area contributed by atoms with E-state index in [1.807, 2.05) is 19.1 Å². The number of carbonyl (C=O) groups is 4. The highest BCUT2D eigenvalue weighted by atomic mass is 16.5. The second-order valence-electron chi connectivity index (χ2n) is 10.2. The van der Waals surface area contributed by atoms with Gasteiger partial charge in [0.05, 0.1) is 56.1 Å². The number of aromatic nitrogens is 1. The maximum atomic E-state index is 12.6. The molecule has 13 nitrogen and oxygen atoms in total. The lowest BCUT2D eigenvalue weighted by Crippen LogP contribution is -2.36. The number of esters is 4. The summed E-state index contributed by atoms with van der Waals surface area (Å²) in [6.07, 6.45) is 0. The summed E-state index contributed by atoms with van der Waals surface area (Å²) in [5.74, 6) is -1.12. The van der Waals surface area contributed by atoms with Gasteiger partial charge in [0.25, 0.3) is 0 Å². The van der Waals surface area contributed by atoms with Crippen LogP contribution in [-0.4, -0.2) is 88.6 Å². The minimum absolute atomic E-state index is 0.0142. The van der Waals surface area contributed by atoms with E-state index in [0.717, 1.165) is 5.56 Å². The first kappa shape index (κ1) is 36.4. The van der Waals surface area contributed by atoms with Crippen molar-refractivity contribution < 1.29 is 47.6 Å². The van der Waals surface area contributed by atoms with E-state index in [-0.39, 0.29) is 59.2 Å². The number of aryl methyl sites for hydroxylation is 1. The predicted molar refractivity (Wildman–Crippen MR) is 175 cm³/mol. The van der Waals surface area contributed by atoms with Crippen molar-refractivity contribution in [2.45, 2.75) is 41.2 Å². The van der Waals surface area contributed by atoms with E-state index in [0.29, 0.717) is 39.5 Å². The van der Waals surface area contributed by atoms with Crippen LogP contribution < -0.4 is 19.3 Å². The number of hydrogen-bond acceptors (Lipinski definition) is 13. The molecule has 0 saturated heterocycles. The number of rotatable bonds is 18. The largest absolute Gasteiger partial charge is 0.497 e. The van der Waals surface area contributed by atoms with Gasteiger partial charge in [0, 0.05) is 11.5 Å². The SMILES string of the molecule is CCOC(=O)CN(CC(=O)OCC)c1ccc(C)cc1OCc1ccc2cc(OC)cc(N(CC(=O)OCC)CC(=O)OCC)c2n1. The van der Waals surface area contributed by atoms with Gasteiger partial charge >= 0.3 is 23.9 Å². The van der Waals surface area contributed by atoms with Gasteiger partial charge in [0.2, 0.25) is 0 Å². The molecule has 0 aliphatic carbocycles. The Morgan fingerprint density at radius 3 is 1.66 bits per heavy atom. The Hall–Kier alpha value is -5.07. The van der Waals surface area contributed by atoms with Gasteiger partial charge in [-0.25, -0.2) is 4.98 Å². The van der Waals surface area contributed by atoms with Gasteiger partial charge in [-0.3, -0.25) is 19.2 Å². The Kier molecular flexibility index (Phi) is 14.1. The highest BCUT2D eigenvalue weighted by Gasteiger charge is 2.23. The van der Waals surface area contributed by atoms with Crippen molar-refractivity contribution in [3.05, 3.63) is 53.7 Å². The Bertz CT molecular complexity index is 1500. The Labute approximate surface area is 274 Å². The van der Waals surface area contributed by atoms with Crippen LogP contribution in [0.1, 0.15) is 39.0 Å². The highest BCUT2D eigenvalue weighted by molar-refractivity contribution is 5.95. The summed E-state index contributed by atoms with van der Waals surface area (Å²) < 4.78 is 32.4. The molecule has 3 aromatic rings. The zero-order chi connectivity index (χ0) is 34.3. The standard InChI is InChI=1S/C34H43N3O10/c1-7-43-30(38)18-36(19-31(39)44-8-2)27-14-11-23(5)15-29(27)47-22-25-13-12-24-16-26(42-6)17-28(34(24)35-25)37(20-32(40)45-9-3)21-33(41)46-10-4/h11-17H,7-10,18-22H2,1-6H3. The number of anilines is 2. The van der Waals surface area contributed by atoms with Crippen LogP contribution in [0.25, 0.3) is 10.9 Å². The third-order valence-electron chi connectivity index (χ3n) is 6.71. The number of pyridine rings is 1. The number of hydrogen-bond donors (Lipinski definition) is 0. The van der Waals surface area contributed by atoms with E-state index in [1.165, 1.54) is 7.11 Å². The Balaban J connectivity index is 2.01. The predicted octanol–water partition coefficient (Wildman–Crippen LogP) is 4.00. The molecular formula is C34H43N3O10. The first-order valence-electron chi connectivity index (χ1n) is 15.5. The smallest absolute Gasteiger partial charge is 0.325 e. The van der Waals surface area contributed by atoms with Crippen LogP contribution in [0, 0.1) is 6.92 Å². The molecule has 13 heteroatoms. The Morgan fingerprint density at radius 1 is 0.660 bits per heavy atom. The molecule has 0 aliphatic heterocycles. The van der Waals surface area contributed by atoms with Crippen molar-refractivity contribution in [3.63, 3.8) is 0 Å². The average molecular weight is 654 g/mol. The van der Waals surface area contributed by atoms with Gasteiger partial charge in [-0.1, -0.05) is 12.1 Å². The van der Waals surface area contributed by atoms with Crippen LogP contribution in [-0.2, 0) is 44.7 Å². The topological polar surface area (TPSA) is 143 Å². The molecule has 0 amide bonds. The molecule has 0 N–H and O–H groups in total. The Morgan fingerprint density at radius 2 is 1.17 bits per heavy atom. The van der Waals surface area contributed by atoms with Gasteiger partial charge in [-0.05, 0) is 64.4 Å². The summed E-state index contributed by atoms with van der Waals surface area (Å²) in [7, 11) is 1.52. The van der Waals surface area contributed by atoms with Crippen LogP contribution in [0.4, 0.5) is 11.4 Å². The number of methoxy groups -OCH3 is 1. The van der Waals surface area contributed by atoms with E-state index in [9.17, 15) is 19.2 Å². The maximum absolute atomic E-state index is 12.6. The highest BCUT2D eigenvalue weighted by Crippen LogP contribution is 2.33. The molecule has 1 heterocycles. The zero-order valence-corrected chi connectivity index (χ0v) is 27.8. The lowest BCUT2D eigenvalue weighted by molar-refractivity contribution is -0.144. The second-order valence-corrected chi connectivity index (χ2v) is 10.2. The van der Waals surface area contributed by atoms with Crippen molar-refractivity contribution >= 4 is 46.2 Å². The lowest BCUT2D eigenvalue weighted by Gasteiger charge is -2.26. The number of nitrogens with zero attached hydrogens (tertiary/aromatic N) is 3. The number of benzene rings is 2. The molecule has 47 heavy (non-hydrogen) atoms. The van der Waals surface area contributed by atoms with Gasteiger partial charge in [0.15, 0.2) is 0 Å². The maximum Gasteiger partial charge on any atom is 0.325 e. The van der Waals surface area contributed by atoms with E-state index in [1.54, 1.807) is 67.8 Å². The van der Waals surface area contributed by atoms with Crippen molar-refractivity contribution in [2.24, 2.45) is 0 Å². The van der Waals surface area contributed by atoms with E-state index in [2.05, 4.69) is 0 Å². The van der Waals surface area contributed by atoms with Gasteiger partial charge in [-0.15, -0.1) is 0 Å². The van der Waals surface area contributed by atoms with Gasteiger partial charge < -0.3 is 38.2 Å². The van der Waals surface area contributed by atoms with Crippen LogP contribution in [0.3, 0.4) is 0 Å². The van der Waals surface area contributed by atoms with Crippen LogP contribution >= 0.6 is 0 Å². The average Bonchev–Trinajstić information content (AvgIpc) is 3.03. The van der Waals surface area contributed by atoms with Gasteiger partial charge in [0.1, 0.15) is 44.3 Å². The molecular weight excluding hydrogens is 610 g/mol. The molecule has 0 radical (unpaired) electrons. The molecule has 0 aliphatic rings. The summed E-state index contributed by atoms with van der Waals surface area (Å²) >= 11 is 0. The quantitative estimate of drug-likeness (QED) is 0.144. The second kappa shape index (κ2) is 18.2. The summed E-state index contributed by atoms with van der Waals surface area (Å²) in [5.41, 5.74) is 2.89. The molecule has 0 bridgehead atoms. The fraction of sp³-hybridized carbons (Fsp3) is 0.441. The van der Waals surface area contributed by atoms with Crippen molar-refractivity contribution in [3.8, 4) is 11.5 Å². The summed E-state index contributed by atoms with van der Waals surface area (Å²) in [5, 5.41) is 0.701. The summed E-state index contributed by atoms with van der Waals surface area (Å²) in [6, 6.07) is 12.5. The molecule has 1 aromatic heterocycles. The van der Waals surface area contributed by atoms with Crippen molar-refractivity contribution in [1.82, 2.24) is 4.98 Å². The summed E-state index contributed by atoms with van der Waals surface area (Å²) in [4.78, 5) is 57.9. The van der Waals surface area contributed by atoms with Crippen LogP contribution in [0.15, 0.2) is 42.5 Å². The zero-order valence-electron chi connectivity index (χ0n) is 27.8. The monoisotopic (exact) mass is 653 g/mol. The number of carbonyl (C=O) groups excluding carboxylic acids is 4. The third kappa shape index (κ3) is 10.8. The van der Waals surface area contributed by atoms with Crippen molar-refractivity contribution in [1.29, 1.82) is 0 Å². The van der Waals surface area contributed by atoms with E-state index >= 15 is 0 Å². The molecule has 0 atom stereocenters. The van der Waals surface area contributed by atoms with E-state index < -0.39 is 23.9 Å². The van der Waals surface area contributed by atoms with Crippen LogP contribution in [0.5, 0.6) is 11.5 Å². The molecule has 254 valence electrons. The van der Waals surface area contributed by atoms with Crippen LogP contribution in [0.2, 0.25) is 0 Å². The first-order valence-corrected chi connectivity index (χ1v) is 15.5. The molecule has 3 rings (SSSR count). The third-order valence-corrected chi connectivity index (χ3v) is 6.71. The van der Waals surface area contributed by atoms with Gasteiger partial charge in [-0.2, -0.15) is 0 Å². The number of fused-ring (bicyclic) bond motifs is 1. The summed E-state index contributed by atoms with van der Waals surface area (Å²) in [6.45, 7) is 8.66. The number of ether oxygens (including phenoxy) is 6.